The number of ether oxygens (including phenoxy) is 2. The number of hydrogen-bond donors (Lipinski definition) is 2. The largest absolute Gasteiger partial charge is 0.667 e. The Balaban J connectivity index is -0.0000000558. The molecule has 0 heterocycles. The van der Waals surface area contributed by atoms with Gasteiger partial charge in [0.05, 0.1) is 26.0 Å². The number of hydrogen-bond acceptors (Lipinski definition) is 6. The second-order valence-electron chi connectivity index (χ2n) is 2.65. The molecule has 10 heteroatoms. The minimum atomic E-state index is -1.07. The van der Waals surface area contributed by atoms with Gasteiger partial charge in [-0.15, -0.1) is 0 Å². The fourth-order valence-corrected chi connectivity index (χ4v) is 0.119. The third-order valence-electron chi connectivity index (χ3n) is 1.26. The summed E-state index contributed by atoms with van der Waals surface area (Å²) in [6.45, 7) is 7.25. The van der Waals surface area contributed by atoms with E-state index in [1.807, 2.05) is 0 Å². The van der Waals surface area contributed by atoms with E-state index < -0.39 is 17.7 Å². The third-order valence-corrected chi connectivity index (χ3v) is 1.26. The van der Waals surface area contributed by atoms with E-state index in [1.165, 1.54) is 21.1 Å². The summed E-state index contributed by atoms with van der Waals surface area (Å²) in [6, 6.07) is 0. The Bertz CT molecular complexity index is 271. The zero-order valence-electron chi connectivity index (χ0n) is 11.7. The molecule has 0 fully saturated rings. The molecule has 0 aliphatic rings. The van der Waals surface area contributed by atoms with Crippen molar-refractivity contribution in [2.75, 3.05) is 14.2 Å². The van der Waals surface area contributed by atoms with Crippen LogP contribution in [0.25, 0.3) is 11.5 Å². The van der Waals surface area contributed by atoms with Gasteiger partial charge in [0.15, 0.2) is 0 Å². The minimum Gasteiger partial charge on any atom is -0.667 e. The summed E-state index contributed by atoms with van der Waals surface area (Å²) in [7, 11) is 2.70. The molecule has 8 nitrogen and oxygen atoms in total. The van der Waals surface area contributed by atoms with Crippen LogP contribution in [0.5, 0.6) is 0 Å². The molecule has 4 N–H and O–H groups in total. The number of rotatable bonds is 4. The molecule has 0 bridgehead atoms. The predicted octanol–water partition coefficient (Wildman–Crippen LogP) is 2.10. The molecule has 0 rings (SSSR count). The van der Waals surface area contributed by atoms with Crippen LogP contribution in [0.1, 0.15) is 6.92 Å². The van der Waals surface area contributed by atoms with E-state index in [9.17, 15) is 9.59 Å². The predicted molar refractivity (Wildman–Crippen MR) is 65.4 cm³/mol. The van der Waals surface area contributed by atoms with Crippen molar-refractivity contribution in [3.8, 4) is 0 Å². The normalized spacial score (nSPS) is 7.00. The van der Waals surface area contributed by atoms with Crippen molar-refractivity contribution in [1.82, 2.24) is 0 Å². The summed E-state index contributed by atoms with van der Waals surface area (Å²) >= 11 is 0. The molecule has 0 saturated heterocycles. The summed E-state index contributed by atoms with van der Waals surface area (Å²) < 4.78 is 8.22. The second kappa shape index (κ2) is 21.1. The van der Waals surface area contributed by atoms with Crippen LogP contribution >= 0.6 is 0 Å². The minimum absolute atomic E-state index is 0. The molecule has 0 aromatic heterocycles. The molecule has 0 unspecified atom stereocenters. The monoisotopic (exact) mass is 440 g/mol. The van der Waals surface area contributed by atoms with Crippen molar-refractivity contribution in [3.63, 3.8) is 0 Å². The first kappa shape index (κ1) is 32.0. The number of methoxy groups -OCH3 is 2. The van der Waals surface area contributed by atoms with Gasteiger partial charge in [-0.2, -0.15) is 0 Å². The number of carbonyl (C=O) groups excluding carboxylic acids is 2. The molecule has 0 atom stereocenters. The Morgan fingerprint density at radius 1 is 0.950 bits per heavy atom. The van der Waals surface area contributed by atoms with Gasteiger partial charge in [0.25, 0.3) is 11.9 Å². The topological polar surface area (TPSA) is 141 Å². The van der Waals surface area contributed by atoms with Crippen molar-refractivity contribution < 1.29 is 94.7 Å². The smallest absolute Gasteiger partial charge is 0.268 e. The number of aliphatic hydroxyl groups is 2. The zero-order chi connectivity index (χ0) is 15.3. The van der Waals surface area contributed by atoms with Crippen LogP contribution in [0.15, 0.2) is 25.0 Å². The Kier molecular flexibility index (Phi) is 33.8. The maximum atomic E-state index is 9.91. The van der Waals surface area contributed by atoms with Gasteiger partial charge in [-0.3, -0.25) is 0 Å². The first-order chi connectivity index (χ1) is 8.09. The Labute approximate surface area is 168 Å². The van der Waals surface area contributed by atoms with Crippen LogP contribution in [0.3, 0.4) is 0 Å². The van der Waals surface area contributed by atoms with Crippen molar-refractivity contribution in [2.45, 2.75) is 6.92 Å². The van der Waals surface area contributed by atoms with Gasteiger partial charge in [0.2, 0.25) is 0 Å². The molecule has 112 valence electrons. The maximum Gasteiger partial charge on any atom is 0.268 e. The van der Waals surface area contributed by atoms with Crippen molar-refractivity contribution >= 4 is 11.8 Å². The summed E-state index contributed by atoms with van der Waals surface area (Å²) in [5.41, 5.74) is 12.7. The third kappa shape index (κ3) is 36.1. The molecule has 0 spiro atoms. The summed E-state index contributed by atoms with van der Waals surface area (Å²) in [6.07, 6.45) is 0. The quantitative estimate of drug-likeness (QED) is 0.507. The maximum absolute atomic E-state index is 9.91. The van der Waals surface area contributed by atoms with E-state index in [-0.39, 0.29) is 77.3 Å². The molecule has 0 aliphatic heterocycles. The molecular formula is C10H18N2O6Y2-2. The average molecular weight is 440 g/mol. The molecule has 2 radical (unpaired) electrons. The van der Waals surface area contributed by atoms with Crippen LogP contribution in [0.4, 0.5) is 0 Å². The molecule has 0 aromatic rings. The van der Waals surface area contributed by atoms with Crippen LogP contribution in [-0.4, -0.2) is 36.2 Å². The van der Waals surface area contributed by atoms with Gasteiger partial charge in [-0.25, -0.2) is 0 Å². The van der Waals surface area contributed by atoms with Crippen LogP contribution in [0, 0.1) is 5.92 Å². The van der Waals surface area contributed by atoms with E-state index >= 15 is 0 Å². The zero-order valence-corrected chi connectivity index (χ0v) is 17.4. The van der Waals surface area contributed by atoms with Gasteiger partial charge in [0.1, 0.15) is 0 Å². The number of amides is 2. The van der Waals surface area contributed by atoms with Gasteiger partial charge in [-0.1, -0.05) is 6.92 Å². The van der Waals surface area contributed by atoms with Gasteiger partial charge in [0, 0.05) is 71.3 Å². The van der Waals surface area contributed by atoms with E-state index in [2.05, 4.69) is 22.6 Å². The average Bonchev–Trinajstić information content (AvgIpc) is 2.29. The Morgan fingerprint density at radius 2 is 1.10 bits per heavy atom. The summed E-state index contributed by atoms with van der Waals surface area (Å²) in [4.78, 5) is 19.8. The van der Waals surface area contributed by atoms with Gasteiger partial charge in [-0.05, 0) is 13.2 Å². The molecular weight excluding hydrogens is 422 g/mol. The van der Waals surface area contributed by atoms with Crippen molar-refractivity contribution in [1.29, 1.82) is 0 Å². The summed E-state index contributed by atoms with van der Waals surface area (Å²) in [5, 5.41) is 15.9. The summed E-state index contributed by atoms with van der Waals surface area (Å²) in [5.74, 6) is -3.56. The van der Waals surface area contributed by atoms with Crippen LogP contribution in [0.2, 0.25) is 0 Å². The van der Waals surface area contributed by atoms with Crippen LogP contribution < -0.4 is 0 Å². The van der Waals surface area contributed by atoms with E-state index in [1.54, 1.807) is 0 Å². The fourth-order valence-electron chi connectivity index (χ4n) is 0.119. The molecule has 0 aromatic carbocycles. The molecule has 20 heavy (non-hydrogen) atoms. The van der Waals surface area contributed by atoms with E-state index in [0.29, 0.717) is 0 Å². The van der Waals surface area contributed by atoms with Crippen LogP contribution in [-0.2, 0) is 84.5 Å². The van der Waals surface area contributed by atoms with E-state index in [4.69, 9.17) is 21.7 Å². The number of carbonyl (C=O) groups is 2. The van der Waals surface area contributed by atoms with Crippen molar-refractivity contribution in [2.24, 2.45) is 5.92 Å². The second-order valence-corrected chi connectivity index (χ2v) is 2.65. The van der Waals surface area contributed by atoms with Gasteiger partial charge >= 0.3 is 0 Å². The van der Waals surface area contributed by atoms with Gasteiger partial charge < -0.3 is 40.7 Å². The SMILES string of the molecule is C=C(O)OC.C=C(O)OC.CC(C([NH-])=O)C([NH-])=O.[Y].[Y]. The van der Waals surface area contributed by atoms with E-state index in [0.717, 1.165) is 0 Å². The number of aliphatic hydroxyl groups excluding tert-OH is 2. The molecule has 0 aliphatic carbocycles. The first-order valence-electron chi connectivity index (χ1n) is 4.44. The standard InChI is InChI=1S/C4H8N2O2.2C3H6O2.2Y/c1-2(3(5)7)4(6)8;2*1-3(4)5-2;;/h2H,1H3,(H4,5,6,7,8);2*4H,1H2,2H3;;/p-2. The first-order valence-corrected chi connectivity index (χ1v) is 4.44. The Morgan fingerprint density at radius 3 is 1.10 bits per heavy atom. The molecule has 0 saturated carbocycles. The fraction of sp³-hybridized carbons (Fsp3) is 0.400. The number of nitrogens with one attached hydrogen (secondary N) is 2. The Hall–Kier alpha value is -0.172. The molecule has 2 amide bonds. The van der Waals surface area contributed by atoms with Crippen molar-refractivity contribution in [3.05, 3.63) is 36.5 Å².